The van der Waals surface area contributed by atoms with Crippen LogP contribution in [0.25, 0.3) is 11.3 Å². The molecule has 7 heteroatoms. The number of furan rings is 1. The lowest BCUT2D eigenvalue weighted by atomic mass is 10.0. The molecule has 0 radical (unpaired) electrons. The van der Waals surface area contributed by atoms with E-state index in [-0.39, 0.29) is 11.0 Å². The van der Waals surface area contributed by atoms with Crippen molar-refractivity contribution in [3.05, 3.63) is 106 Å². The number of carbonyl (C=O) groups is 1. The number of aromatic nitrogens is 2. The van der Waals surface area contributed by atoms with Gasteiger partial charge < -0.3 is 14.3 Å². The fourth-order valence-electron chi connectivity index (χ4n) is 3.31. The molecular formula is C23H18ClN3O3. The molecule has 4 rings (SSSR count). The second-order valence-electron chi connectivity index (χ2n) is 6.71. The summed E-state index contributed by atoms with van der Waals surface area (Å²) in [7, 11) is 0. The van der Waals surface area contributed by atoms with Gasteiger partial charge in [-0.05, 0) is 43.3 Å². The van der Waals surface area contributed by atoms with Crippen molar-refractivity contribution in [3.8, 4) is 11.3 Å². The first-order chi connectivity index (χ1) is 14.5. The van der Waals surface area contributed by atoms with E-state index < -0.39 is 5.91 Å². The Hall–Kier alpha value is -3.64. The van der Waals surface area contributed by atoms with E-state index in [4.69, 9.17) is 16.0 Å². The molecule has 0 fully saturated rings. The summed E-state index contributed by atoms with van der Waals surface area (Å²) in [5, 5.41) is 3.15. The summed E-state index contributed by atoms with van der Waals surface area (Å²) in [5.41, 5.74) is 1.97. The highest BCUT2D eigenvalue weighted by Gasteiger charge is 2.23. The van der Waals surface area contributed by atoms with E-state index in [1.54, 1.807) is 61.1 Å². The van der Waals surface area contributed by atoms with Gasteiger partial charge >= 0.3 is 0 Å². The Kier molecular flexibility index (Phi) is 5.50. The molecule has 0 saturated heterocycles. The maximum absolute atomic E-state index is 13.2. The van der Waals surface area contributed by atoms with E-state index >= 15 is 0 Å². The Morgan fingerprint density at radius 3 is 2.60 bits per heavy atom. The highest BCUT2D eigenvalue weighted by molar-refractivity contribution is 6.34. The smallest absolute Gasteiger partial charge is 0.261 e. The third-order valence-corrected chi connectivity index (χ3v) is 5.05. The Bertz CT molecular complexity index is 1250. The van der Waals surface area contributed by atoms with Crippen LogP contribution >= 0.6 is 11.6 Å². The van der Waals surface area contributed by atoms with Gasteiger partial charge in [-0.2, -0.15) is 0 Å². The topological polar surface area (TPSA) is 77.1 Å². The van der Waals surface area contributed by atoms with E-state index in [0.29, 0.717) is 40.0 Å². The Labute approximate surface area is 177 Å². The van der Waals surface area contributed by atoms with E-state index in [1.807, 2.05) is 17.6 Å². The first kappa shape index (κ1) is 19.7. The van der Waals surface area contributed by atoms with Crippen LogP contribution < -0.4 is 10.7 Å². The number of aryl methyl sites for hydroxylation is 1. The number of amides is 1. The number of hydrogen-bond donors (Lipinski definition) is 1. The molecular weight excluding hydrogens is 402 g/mol. The number of anilines is 1. The number of benzene rings is 1. The summed E-state index contributed by atoms with van der Waals surface area (Å²) < 4.78 is 7.38. The second-order valence-corrected chi connectivity index (χ2v) is 7.12. The van der Waals surface area contributed by atoms with Gasteiger partial charge in [-0.25, -0.2) is 0 Å². The minimum absolute atomic E-state index is 0.0262. The molecule has 1 N–H and O–H groups in total. The summed E-state index contributed by atoms with van der Waals surface area (Å²) in [5.74, 6) is 0.169. The molecule has 3 heterocycles. The number of hydrogen-bond acceptors (Lipinski definition) is 4. The van der Waals surface area contributed by atoms with Gasteiger partial charge in [-0.15, -0.1) is 0 Å². The van der Waals surface area contributed by atoms with Crippen molar-refractivity contribution in [2.75, 3.05) is 5.32 Å². The van der Waals surface area contributed by atoms with E-state index in [2.05, 4.69) is 10.3 Å². The Morgan fingerprint density at radius 2 is 1.90 bits per heavy atom. The predicted octanol–water partition coefficient (Wildman–Crippen LogP) is 4.77. The summed E-state index contributed by atoms with van der Waals surface area (Å²) in [6.45, 7) is 2.19. The number of halogens is 1. The number of carbonyl (C=O) groups excluding carboxylic acids is 1. The molecule has 0 atom stereocenters. The molecule has 0 aliphatic heterocycles. The molecule has 0 spiro atoms. The molecule has 0 unspecified atom stereocenters. The predicted molar refractivity (Wildman–Crippen MR) is 116 cm³/mol. The lowest BCUT2D eigenvalue weighted by Gasteiger charge is -2.19. The fraction of sp³-hybridized carbons (Fsp3) is 0.0870. The normalized spacial score (nSPS) is 10.7. The summed E-state index contributed by atoms with van der Waals surface area (Å²) in [6.07, 6.45) is 4.83. The van der Waals surface area contributed by atoms with Crippen LogP contribution in [0.3, 0.4) is 0 Å². The van der Waals surface area contributed by atoms with E-state index in [0.717, 1.165) is 0 Å². The van der Waals surface area contributed by atoms with Crippen LogP contribution in [-0.2, 0) is 6.54 Å². The van der Waals surface area contributed by atoms with Crippen LogP contribution in [0, 0.1) is 6.92 Å². The van der Waals surface area contributed by atoms with Crippen molar-refractivity contribution in [3.63, 3.8) is 0 Å². The van der Waals surface area contributed by atoms with Crippen molar-refractivity contribution in [2.24, 2.45) is 0 Å². The molecule has 30 heavy (non-hydrogen) atoms. The molecule has 150 valence electrons. The monoisotopic (exact) mass is 419 g/mol. The molecule has 0 aliphatic carbocycles. The summed E-state index contributed by atoms with van der Waals surface area (Å²) in [6, 6.07) is 15.5. The largest absolute Gasteiger partial charge is 0.467 e. The van der Waals surface area contributed by atoms with E-state index in [1.165, 1.54) is 6.07 Å². The number of nitrogens with zero attached hydrogens (tertiary/aromatic N) is 2. The number of para-hydroxylation sites is 1. The van der Waals surface area contributed by atoms with Crippen LogP contribution in [0.1, 0.15) is 21.8 Å². The summed E-state index contributed by atoms with van der Waals surface area (Å²) >= 11 is 6.18. The average molecular weight is 420 g/mol. The quantitative estimate of drug-likeness (QED) is 0.505. The SMILES string of the molecule is Cc1cc(=O)c(C(=O)Nc2ccccc2Cl)c(-c2ccncc2)n1Cc1ccco1. The zero-order valence-electron chi connectivity index (χ0n) is 16.1. The third kappa shape index (κ3) is 3.90. The van der Waals surface area contributed by atoms with Gasteiger partial charge in [0.05, 0.1) is 29.2 Å². The average Bonchev–Trinajstić information content (AvgIpc) is 3.25. The van der Waals surface area contributed by atoms with Gasteiger partial charge in [0.15, 0.2) is 5.43 Å². The first-order valence-electron chi connectivity index (χ1n) is 9.27. The molecule has 3 aromatic heterocycles. The van der Waals surface area contributed by atoms with Crippen LogP contribution in [0.5, 0.6) is 0 Å². The third-order valence-electron chi connectivity index (χ3n) is 4.72. The van der Waals surface area contributed by atoms with Gasteiger partial charge in [-0.1, -0.05) is 23.7 Å². The van der Waals surface area contributed by atoms with Crippen molar-refractivity contribution in [1.82, 2.24) is 9.55 Å². The zero-order valence-corrected chi connectivity index (χ0v) is 16.9. The van der Waals surface area contributed by atoms with Crippen LogP contribution in [0.4, 0.5) is 5.69 Å². The number of rotatable bonds is 5. The molecule has 0 bridgehead atoms. The lowest BCUT2D eigenvalue weighted by molar-refractivity contribution is 0.102. The summed E-state index contributed by atoms with van der Waals surface area (Å²) in [4.78, 5) is 30.2. The van der Waals surface area contributed by atoms with Gasteiger partial charge in [0, 0.05) is 29.7 Å². The lowest BCUT2D eigenvalue weighted by Crippen LogP contribution is -2.27. The minimum atomic E-state index is -0.534. The van der Waals surface area contributed by atoms with Crippen molar-refractivity contribution >= 4 is 23.2 Å². The van der Waals surface area contributed by atoms with Crippen molar-refractivity contribution < 1.29 is 9.21 Å². The number of pyridine rings is 2. The Balaban J connectivity index is 1.90. The minimum Gasteiger partial charge on any atom is -0.467 e. The Morgan fingerprint density at radius 1 is 1.13 bits per heavy atom. The van der Waals surface area contributed by atoms with Crippen molar-refractivity contribution in [1.29, 1.82) is 0 Å². The first-order valence-corrected chi connectivity index (χ1v) is 9.65. The molecule has 4 aromatic rings. The molecule has 6 nitrogen and oxygen atoms in total. The van der Waals surface area contributed by atoms with Crippen LogP contribution in [-0.4, -0.2) is 15.5 Å². The molecule has 0 aliphatic rings. The zero-order chi connectivity index (χ0) is 21.1. The fourth-order valence-corrected chi connectivity index (χ4v) is 3.49. The van der Waals surface area contributed by atoms with Gasteiger partial charge in [0.1, 0.15) is 11.3 Å². The second kappa shape index (κ2) is 8.39. The number of nitrogens with one attached hydrogen (secondary N) is 1. The van der Waals surface area contributed by atoms with Gasteiger partial charge in [-0.3, -0.25) is 14.6 Å². The highest BCUT2D eigenvalue weighted by atomic mass is 35.5. The standard InChI is InChI=1S/C23H18ClN3O3/c1-15-13-20(28)21(23(29)26-19-7-3-2-6-18(19)24)22(16-8-10-25-11-9-16)27(15)14-17-5-4-12-30-17/h2-13H,14H2,1H3,(H,26,29). The van der Waals surface area contributed by atoms with Gasteiger partial charge in [0.2, 0.25) is 0 Å². The maximum atomic E-state index is 13.2. The maximum Gasteiger partial charge on any atom is 0.261 e. The highest BCUT2D eigenvalue weighted by Crippen LogP contribution is 2.26. The molecule has 0 saturated carbocycles. The van der Waals surface area contributed by atoms with E-state index in [9.17, 15) is 9.59 Å². The molecule has 1 aromatic carbocycles. The van der Waals surface area contributed by atoms with Crippen LogP contribution in [0.2, 0.25) is 5.02 Å². The van der Waals surface area contributed by atoms with Crippen molar-refractivity contribution in [2.45, 2.75) is 13.5 Å². The molecule has 1 amide bonds. The van der Waals surface area contributed by atoms with Gasteiger partial charge in [0.25, 0.3) is 5.91 Å². The van der Waals surface area contributed by atoms with Crippen LogP contribution in [0.15, 0.2) is 82.5 Å².